The molecule has 0 spiro atoms. The largest absolute Gasteiger partial charge is 0.482 e. The highest BCUT2D eigenvalue weighted by Crippen LogP contribution is 2.30. The summed E-state index contributed by atoms with van der Waals surface area (Å²) in [5, 5.41) is 0.769. The van der Waals surface area contributed by atoms with Gasteiger partial charge in [0.1, 0.15) is 11.3 Å². The second-order valence-corrected chi connectivity index (χ2v) is 4.95. The average Bonchev–Trinajstić information content (AvgIpc) is 2.36. The number of fused-ring (bicyclic) bond motifs is 1. The zero-order valence-electron chi connectivity index (χ0n) is 12.1. The van der Waals surface area contributed by atoms with Gasteiger partial charge in [0.2, 0.25) is 0 Å². The van der Waals surface area contributed by atoms with Gasteiger partial charge in [-0.3, -0.25) is 4.79 Å². The first-order chi connectivity index (χ1) is 9.42. The van der Waals surface area contributed by atoms with Crippen molar-refractivity contribution in [2.75, 3.05) is 0 Å². The Morgan fingerprint density at radius 3 is 2.65 bits per heavy atom. The Balaban J connectivity index is 2.69. The summed E-state index contributed by atoms with van der Waals surface area (Å²) in [4.78, 5) is 22.9. The highest BCUT2D eigenvalue weighted by molar-refractivity contribution is 5.88. The molecule has 106 valence electrons. The van der Waals surface area contributed by atoms with Gasteiger partial charge in [0.05, 0.1) is 5.39 Å². The van der Waals surface area contributed by atoms with E-state index in [-0.39, 0.29) is 11.4 Å². The molecule has 1 aromatic carbocycles. The lowest BCUT2D eigenvalue weighted by Gasteiger charge is -2.15. The van der Waals surface area contributed by atoms with Gasteiger partial charge >= 0.3 is 5.63 Å². The summed E-state index contributed by atoms with van der Waals surface area (Å²) in [6.07, 6.45) is 0.160. The van der Waals surface area contributed by atoms with Gasteiger partial charge in [-0.25, -0.2) is 4.79 Å². The second-order valence-electron chi connectivity index (χ2n) is 4.95. The van der Waals surface area contributed by atoms with E-state index >= 15 is 0 Å². The van der Waals surface area contributed by atoms with E-state index in [0.717, 1.165) is 16.5 Å². The molecule has 4 nitrogen and oxygen atoms in total. The molecule has 0 N–H and O–H groups in total. The number of carbonyl (C=O) groups is 1. The van der Waals surface area contributed by atoms with E-state index in [9.17, 15) is 9.59 Å². The van der Waals surface area contributed by atoms with Crippen LogP contribution in [0.15, 0.2) is 27.4 Å². The minimum absolute atomic E-state index is 0.0462. The highest BCUT2D eigenvalue weighted by atomic mass is 16.5. The van der Waals surface area contributed by atoms with Gasteiger partial charge < -0.3 is 9.15 Å². The molecule has 4 heteroatoms. The SMILES string of the molecule is CCc1cc(=O)oc2cc(C)cc(OC(C)C(C)=O)c12. The zero-order valence-corrected chi connectivity index (χ0v) is 12.1. The monoisotopic (exact) mass is 274 g/mol. The number of carbonyl (C=O) groups excluding carboxylic acids is 1. The van der Waals surface area contributed by atoms with Crippen LogP contribution < -0.4 is 10.4 Å². The maximum Gasteiger partial charge on any atom is 0.336 e. The number of ether oxygens (including phenoxy) is 1. The third kappa shape index (κ3) is 2.74. The van der Waals surface area contributed by atoms with E-state index in [1.54, 1.807) is 13.0 Å². The number of ketones is 1. The van der Waals surface area contributed by atoms with Crippen molar-refractivity contribution in [1.29, 1.82) is 0 Å². The quantitative estimate of drug-likeness (QED) is 0.804. The summed E-state index contributed by atoms with van der Waals surface area (Å²) in [5.74, 6) is 0.540. The fourth-order valence-electron chi connectivity index (χ4n) is 2.12. The van der Waals surface area contributed by atoms with E-state index in [0.29, 0.717) is 17.8 Å². The topological polar surface area (TPSA) is 56.5 Å². The van der Waals surface area contributed by atoms with Crippen LogP contribution in [-0.2, 0) is 11.2 Å². The van der Waals surface area contributed by atoms with Crippen LogP contribution in [0.3, 0.4) is 0 Å². The van der Waals surface area contributed by atoms with Crippen molar-refractivity contribution in [1.82, 2.24) is 0 Å². The summed E-state index contributed by atoms with van der Waals surface area (Å²) in [6.45, 7) is 7.06. The molecule has 0 aliphatic rings. The summed E-state index contributed by atoms with van der Waals surface area (Å²) >= 11 is 0. The predicted octanol–water partition coefficient (Wildman–Crippen LogP) is 3.02. The molecule has 1 unspecified atom stereocenters. The Hall–Kier alpha value is -2.10. The molecule has 0 saturated carbocycles. The second kappa shape index (κ2) is 5.49. The van der Waals surface area contributed by atoms with Crippen molar-refractivity contribution < 1.29 is 13.9 Å². The molecule has 2 aromatic rings. The van der Waals surface area contributed by atoms with Crippen LogP contribution >= 0.6 is 0 Å². The molecule has 0 bridgehead atoms. The zero-order chi connectivity index (χ0) is 14.9. The number of Topliss-reactive ketones (excluding diaryl/α,β-unsaturated/α-hetero) is 1. The Morgan fingerprint density at radius 2 is 2.05 bits per heavy atom. The van der Waals surface area contributed by atoms with Crippen LogP contribution in [0.2, 0.25) is 0 Å². The van der Waals surface area contributed by atoms with Crippen LogP contribution in [-0.4, -0.2) is 11.9 Å². The van der Waals surface area contributed by atoms with Gasteiger partial charge in [0.25, 0.3) is 0 Å². The first-order valence-corrected chi connectivity index (χ1v) is 6.67. The predicted molar refractivity (Wildman–Crippen MR) is 77.4 cm³/mol. The summed E-state index contributed by atoms with van der Waals surface area (Å²) in [5.41, 5.74) is 1.91. The Bertz CT molecular complexity index is 712. The summed E-state index contributed by atoms with van der Waals surface area (Å²) < 4.78 is 11.0. The lowest BCUT2D eigenvalue weighted by molar-refractivity contribution is -0.122. The molecule has 0 aliphatic carbocycles. The smallest absolute Gasteiger partial charge is 0.336 e. The standard InChI is InChI=1S/C16H18O4/c1-5-12-8-15(18)20-14-7-9(2)6-13(16(12)14)19-11(4)10(3)17/h6-8,11H,5H2,1-4H3. The minimum atomic E-state index is -0.531. The van der Waals surface area contributed by atoms with Crippen LogP contribution in [0.4, 0.5) is 0 Å². The lowest BCUT2D eigenvalue weighted by Crippen LogP contribution is -2.21. The van der Waals surface area contributed by atoms with Crippen molar-refractivity contribution in [2.45, 2.75) is 40.2 Å². The van der Waals surface area contributed by atoms with E-state index in [1.165, 1.54) is 13.0 Å². The first-order valence-electron chi connectivity index (χ1n) is 6.67. The first kappa shape index (κ1) is 14.3. The number of rotatable bonds is 4. The maximum atomic E-state index is 11.6. The van der Waals surface area contributed by atoms with Crippen molar-refractivity contribution >= 4 is 16.8 Å². The van der Waals surface area contributed by atoms with E-state index in [4.69, 9.17) is 9.15 Å². The van der Waals surface area contributed by atoms with Crippen LogP contribution in [0.25, 0.3) is 11.0 Å². The van der Waals surface area contributed by atoms with Gasteiger partial charge in [0.15, 0.2) is 11.9 Å². The molecular formula is C16H18O4. The molecule has 0 amide bonds. The van der Waals surface area contributed by atoms with Gasteiger partial charge in [-0.05, 0) is 50.5 Å². The van der Waals surface area contributed by atoms with E-state index in [2.05, 4.69) is 0 Å². The Kier molecular flexibility index (Phi) is 3.93. The third-order valence-electron chi connectivity index (χ3n) is 3.29. The molecule has 1 aromatic heterocycles. The molecule has 0 aliphatic heterocycles. The van der Waals surface area contributed by atoms with Crippen molar-refractivity contribution in [3.05, 3.63) is 39.7 Å². The molecule has 20 heavy (non-hydrogen) atoms. The van der Waals surface area contributed by atoms with Gasteiger partial charge in [-0.2, -0.15) is 0 Å². The number of hydrogen-bond acceptors (Lipinski definition) is 4. The van der Waals surface area contributed by atoms with E-state index < -0.39 is 6.10 Å². The fourth-order valence-corrected chi connectivity index (χ4v) is 2.12. The number of benzene rings is 1. The number of aryl methyl sites for hydroxylation is 2. The van der Waals surface area contributed by atoms with Crippen LogP contribution in [0, 0.1) is 6.92 Å². The van der Waals surface area contributed by atoms with Gasteiger partial charge in [-0.15, -0.1) is 0 Å². The van der Waals surface area contributed by atoms with E-state index in [1.807, 2.05) is 19.9 Å². The van der Waals surface area contributed by atoms with Crippen molar-refractivity contribution in [2.24, 2.45) is 0 Å². The molecular weight excluding hydrogens is 256 g/mol. The molecule has 2 rings (SSSR count). The Morgan fingerprint density at radius 1 is 1.35 bits per heavy atom. The molecule has 0 radical (unpaired) electrons. The normalized spacial score (nSPS) is 12.4. The molecule has 0 fully saturated rings. The fraction of sp³-hybridized carbons (Fsp3) is 0.375. The molecule has 1 heterocycles. The van der Waals surface area contributed by atoms with Crippen molar-refractivity contribution in [3.8, 4) is 5.75 Å². The summed E-state index contributed by atoms with van der Waals surface area (Å²) in [6, 6.07) is 5.14. The van der Waals surface area contributed by atoms with Crippen LogP contribution in [0.5, 0.6) is 5.75 Å². The van der Waals surface area contributed by atoms with Crippen LogP contribution in [0.1, 0.15) is 31.9 Å². The minimum Gasteiger partial charge on any atom is -0.482 e. The Labute approximate surface area is 117 Å². The molecule has 0 saturated heterocycles. The van der Waals surface area contributed by atoms with Gasteiger partial charge in [0, 0.05) is 6.07 Å². The lowest BCUT2D eigenvalue weighted by atomic mass is 10.0. The summed E-state index contributed by atoms with van der Waals surface area (Å²) in [7, 11) is 0. The van der Waals surface area contributed by atoms with Gasteiger partial charge in [-0.1, -0.05) is 6.92 Å². The number of hydrogen-bond donors (Lipinski definition) is 0. The maximum absolute atomic E-state index is 11.6. The molecule has 1 atom stereocenters. The highest BCUT2D eigenvalue weighted by Gasteiger charge is 2.15. The third-order valence-corrected chi connectivity index (χ3v) is 3.29. The average molecular weight is 274 g/mol. The van der Waals surface area contributed by atoms with Crippen molar-refractivity contribution in [3.63, 3.8) is 0 Å².